The van der Waals surface area contributed by atoms with E-state index in [1.54, 1.807) is 7.11 Å². The lowest BCUT2D eigenvalue weighted by Crippen LogP contribution is -2.44. The molecule has 0 saturated carbocycles. The van der Waals surface area contributed by atoms with Crippen LogP contribution in [0.5, 0.6) is 5.75 Å². The molecule has 0 amide bonds. The maximum atomic E-state index is 5.73. The van der Waals surface area contributed by atoms with Crippen LogP contribution < -0.4 is 4.74 Å². The molecule has 1 fully saturated rings. The van der Waals surface area contributed by atoms with Crippen molar-refractivity contribution in [1.29, 1.82) is 0 Å². The van der Waals surface area contributed by atoms with E-state index in [4.69, 9.17) is 9.47 Å². The molecule has 0 unspecified atom stereocenters. The topological polar surface area (TPSA) is 21.7 Å². The normalized spacial score (nSPS) is 25.8. The highest BCUT2D eigenvalue weighted by atomic mass is 16.5. The summed E-state index contributed by atoms with van der Waals surface area (Å²) >= 11 is 0. The number of rotatable bonds is 3. The van der Waals surface area contributed by atoms with Gasteiger partial charge < -0.3 is 9.47 Å². The monoisotopic (exact) mass is 235 g/mol. The zero-order valence-electron chi connectivity index (χ0n) is 10.8. The molecule has 0 N–H and O–H groups in total. The van der Waals surface area contributed by atoms with Gasteiger partial charge in [0.05, 0.1) is 19.3 Å². The van der Waals surface area contributed by atoms with Gasteiger partial charge in [0, 0.05) is 19.6 Å². The molecule has 1 aliphatic heterocycles. The highest BCUT2D eigenvalue weighted by molar-refractivity contribution is 5.27. The molecule has 3 nitrogen and oxygen atoms in total. The van der Waals surface area contributed by atoms with Crippen LogP contribution in [0.2, 0.25) is 0 Å². The first-order chi connectivity index (χ1) is 8.17. The average molecular weight is 235 g/mol. The molecule has 0 bridgehead atoms. The summed E-state index contributed by atoms with van der Waals surface area (Å²) < 4.78 is 10.9. The Kier molecular flexibility index (Phi) is 4.02. The van der Waals surface area contributed by atoms with Crippen LogP contribution in [-0.4, -0.2) is 37.3 Å². The van der Waals surface area contributed by atoms with Crippen LogP contribution in [0, 0.1) is 0 Å². The SMILES string of the molecule is COc1ccc(CN2C[C@@H](C)O[C@H](C)C2)cc1. The third-order valence-corrected chi connectivity index (χ3v) is 3.06. The van der Waals surface area contributed by atoms with Gasteiger partial charge in [0.1, 0.15) is 5.75 Å². The molecule has 17 heavy (non-hydrogen) atoms. The van der Waals surface area contributed by atoms with Crippen molar-refractivity contribution in [3.8, 4) is 5.75 Å². The molecule has 0 aromatic heterocycles. The number of benzene rings is 1. The molecule has 0 radical (unpaired) electrons. The summed E-state index contributed by atoms with van der Waals surface area (Å²) in [5.74, 6) is 0.914. The van der Waals surface area contributed by atoms with Crippen molar-refractivity contribution < 1.29 is 9.47 Å². The van der Waals surface area contributed by atoms with Gasteiger partial charge >= 0.3 is 0 Å². The molecule has 1 aromatic carbocycles. The van der Waals surface area contributed by atoms with E-state index < -0.39 is 0 Å². The first kappa shape index (κ1) is 12.4. The first-order valence-corrected chi connectivity index (χ1v) is 6.18. The molecule has 1 saturated heterocycles. The van der Waals surface area contributed by atoms with Crippen molar-refractivity contribution >= 4 is 0 Å². The van der Waals surface area contributed by atoms with Crippen molar-refractivity contribution in [3.05, 3.63) is 29.8 Å². The second-order valence-corrected chi connectivity index (χ2v) is 4.80. The van der Waals surface area contributed by atoms with E-state index in [9.17, 15) is 0 Å². The quantitative estimate of drug-likeness (QED) is 0.802. The number of hydrogen-bond acceptors (Lipinski definition) is 3. The molecular formula is C14H21NO2. The van der Waals surface area contributed by atoms with Crippen molar-refractivity contribution in [1.82, 2.24) is 4.90 Å². The zero-order valence-corrected chi connectivity index (χ0v) is 10.8. The van der Waals surface area contributed by atoms with Gasteiger partial charge in [0.25, 0.3) is 0 Å². The maximum Gasteiger partial charge on any atom is 0.118 e. The minimum absolute atomic E-state index is 0.331. The van der Waals surface area contributed by atoms with Crippen molar-refractivity contribution in [2.75, 3.05) is 20.2 Å². The van der Waals surface area contributed by atoms with E-state index in [2.05, 4.69) is 30.9 Å². The van der Waals surface area contributed by atoms with Crippen molar-refractivity contribution in [3.63, 3.8) is 0 Å². The fraction of sp³-hybridized carbons (Fsp3) is 0.571. The molecule has 2 rings (SSSR count). The Morgan fingerprint density at radius 1 is 1.18 bits per heavy atom. The number of ether oxygens (including phenoxy) is 2. The lowest BCUT2D eigenvalue weighted by molar-refractivity contribution is -0.0704. The summed E-state index contributed by atoms with van der Waals surface area (Å²) in [6, 6.07) is 8.29. The van der Waals surface area contributed by atoms with Gasteiger partial charge in [-0.1, -0.05) is 12.1 Å². The summed E-state index contributed by atoms with van der Waals surface area (Å²) in [5, 5.41) is 0. The highest BCUT2D eigenvalue weighted by Crippen LogP contribution is 2.16. The van der Waals surface area contributed by atoms with Gasteiger partial charge in [0.15, 0.2) is 0 Å². The molecule has 3 heteroatoms. The molecule has 1 heterocycles. The van der Waals surface area contributed by atoms with Crippen LogP contribution in [-0.2, 0) is 11.3 Å². The predicted octanol–water partition coefficient (Wildman–Crippen LogP) is 2.30. The third-order valence-electron chi connectivity index (χ3n) is 3.06. The fourth-order valence-corrected chi connectivity index (χ4v) is 2.40. The zero-order chi connectivity index (χ0) is 12.3. The Bertz CT molecular complexity index is 340. The molecule has 94 valence electrons. The van der Waals surface area contributed by atoms with Gasteiger partial charge in [0.2, 0.25) is 0 Å². The van der Waals surface area contributed by atoms with E-state index in [1.807, 2.05) is 12.1 Å². The molecular weight excluding hydrogens is 214 g/mol. The lowest BCUT2D eigenvalue weighted by Gasteiger charge is -2.35. The Balaban J connectivity index is 1.95. The predicted molar refractivity (Wildman–Crippen MR) is 68.3 cm³/mol. The van der Waals surface area contributed by atoms with E-state index in [1.165, 1.54) is 5.56 Å². The Morgan fingerprint density at radius 2 is 1.76 bits per heavy atom. The largest absolute Gasteiger partial charge is 0.497 e. The van der Waals surface area contributed by atoms with Gasteiger partial charge in [-0.05, 0) is 31.5 Å². The number of morpholine rings is 1. The first-order valence-electron chi connectivity index (χ1n) is 6.18. The van der Waals surface area contributed by atoms with E-state index in [-0.39, 0.29) is 0 Å². The van der Waals surface area contributed by atoms with Crippen LogP contribution >= 0.6 is 0 Å². The standard InChI is InChI=1S/C14H21NO2/c1-11-8-15(9-12(2)17-11)10-13-4-6-14(16-3)7-5-13/h4-7,11-12H,8-10H2,1-3H3/t11-,12-/m1/s1. The molecule has 0 aliphatic carbocycles. The third kappa shape index (κ3) is 3.45. The minimum atomic E-state index is 0.331. The van der Waals surface area contributed by atoms with Crippen LogP contribution in [0.15, 0.2) is 24.3 Å². The van der Waals surface area contributed by atoms with Gasteiger partial charge in [-0.3, -0.25) is 4.90 Å². The van der Waals surface area contributed by atoms with Crippen LogP contribution in [0.3, 0.4) is 0 Å². The Hall–Kier alpha value is -1.06. The van der Waals surface area contributed by atoms with Gasteiger partial charge in [-0.15, -0.1) is 0 Å². The Labute approximate surface area is 103 Å². The van der Waals surface area contributed by atoms with Crippen molar-refractivity contribution in [2.24, 2.45) is 0 Å². The van der Waals surface area contributed by atoms with Crippen LogP contribution in [0.4, 0.5) is 0 Å². The fourth-order valence-electron chi connectivity index (χ4n) is 2.40. The summed E-state index contributed by atoms with van der Waals surface area (Å²) in [5.41, 5.74) is 1.33. The number of hydrogen-bond donors (Lipinski definition) is 0. The lowest BCUT2D eigenvalue weighted by atomic mass is 10.1. The van der Waals surface area contributed by atoms with Crippen LogP contribution in [0.25, 0.3) is 0 Å². The Morgan fingerprint density at radius 3 is 2.29 bits per heavy atom. The van der Waals surface area contributed by atoms with E-state index in [0.717, 1.165) is 25.4 Å². The second-order valence-electron chi connectivity index (χ2n) is 4.80. The van der Waals surface area contributed by atoms with E-state index in [0.29, 0.717) is 12.2 Å². The summed E-state index contributed by atoms with van der Waals surface area (Å²) in [4.78, 5) is 2.45. The molecule has 1 aliphatic rings. The average Bonchev–Trinajstić information content (AvgIpc) is 2.28. The highest BCUT2D eigenvalue weighted by Gasteiger charge is 2.21. The minimum Gasteiger partial charge on any atom is -0.497 e. The number of methoxy groups -OCH3 is 1. The molecule has 1 aromatic rings. The van der Waals surface area contributed by atoms with Gasteiger partial charge in [-0.2, -0.15) is 0 Å². The van der Waals surface area contributed by atoms with Crippen LogP contribution in [0.1, 0.15) is 19.4 Å². The summed E-state index contributed by atoms with van der Waals surface area (Å²) in [6.45, 7) is 7.28. The summed E-state index contributed by atoms with van der Waals surface area (Å²) in [7, 11) is 1.69. The maximum absolute atomic E-state index is 5.73. The summed E-state index contributed by atoms with van der Waals surface area (Å²) in [6.07, 6.45) is 0.661. The number of nitrogens with zero attached hydrogens (tertiary/aromatic N) is 1. The molecule has 2 atom stereocenters. The second kappa shape index (κ2) is 5.52. The van der Waals surface area contributed by atoms with Crippen molar-refractivity contribution in [2.45, 2.75) is 32.6 Å². The van der Waals surface area contributed by atoms with E-state index >= 15 is 0 Å². The molecule has 0 spiro atoms. The van der Waals surface area contributed by atoms with Gasteiger partial charge in [-0.25, -0.2) is 0 Å². The smallest absolute Gasteiger partial charge is 0.118 e.